The Bertz CT molecular complexity index is 2220. The SMILES string of the molecule is CC(NC(=O)C(N)CO)C(=O)NCC(=O)NC(CCCN=C(N)N)C(=O)NC(Cc1cnc[nH]1)C(=O)NC(C(=O)NC(CCCN=C(N)N)C(=O)NC(CO)C(=O)NC(Cc1ccc(O)cc1)C(=O)O)C(C)C. The molecule has 23 N–H and O–H groups in total. The third-order valence-corrected chi connectivity index (χ3v) is 10.5. The number of guanidine groups is 2. The van der Waals surface area contributed by atoms with Gasteiger partial charge in [-0.25, -0.2) is 9.78 Å². The number of nitrogens with one attached hydrogen (secondary N) is 9. The Balaban J connectivity index is 2.34. The Morgan fingerprint density at radius 2 is 1.15 bits per heavy atom. The normalized spacial score (nSPS) is 14.2. The predicted octanol–water partition coefficient (Wildman–Crippen LogP) is -7.41. The fourth-order valence-electron chi connectivity index (χ4n) is 6.53. The molecule has 0 saturated heterocycles. The minimum Gasteiger partial charge on any atom is -0.508 e. The van der Waals surface area contributed by atoms with Crippen LogP contribution in [0.1, 0.15) is 57.7 Å². The molecule has 1 aromatic heterocycles. The van der Waals surface area contributed by atoms with E-state index in [-0.39, 0.29) is 69.3 Å². The van der Waals surface area contributed by atoms with Gasteiger partial charge in [0, 0.05) is 37.8 Å². The van der Waals surface area contributed by atoms with Gasteiger partial charge >= 0.3 is 5.97 Å². The molecule has 8 atom stereocenters. The van der Waals surface area contributed by atoms with Crippen molar-refractivity contribution in [3.63, 3.8) is 0 Å². The molecule has 30 nitrogen and oxygen atoms in total. The van der Waals surface area contributed by atoms with Crippen molar-refractivity contribution in [3.05, 3.63) is 48.0 Å². The third-order valence-electron chi connectivity index (χ3n) is 10.5. The van der Waals surface area contributed by atoms with E-state index in [1.54, 1.807) is 13.8 Å². The summed E-state index contributed by atoms with van der Waals surface area (Å²) < 4.78 is 0. The molecule has 2 aromatic rings. The van der Waals surface area contributed by atoms with E-state index in [4.69, 9.17) is 33.8 Å². The van der Waals surface area contributed by atoms with E-state index in [1.807, 2.05) is 0 Å². The number of benzene rings is 1. The number of nitrogens with two attached hydrogens (primary N) is 5. The molecule has 0 spiro atoms. The molecule has 0 saturated carbocycles. The van der Waals surface area contributed by atoms with Crippen LogP contribution in [0.2, 0.25) is 0 Å². The number of aromatic amines is 1. The fourth-order valence-corrected chi connectivity index (χ4v) is 6.53. The van der Waals surface area contributed by atoms with Gasteiger partial charge in [-0.2, -0.15) is 0 Å². The van der Waals surface area contributed by atoms with Crippen LogP contribution < -0.4 is 71.2 Å². The topological polar surface area (TPSA) is 514 Å². The second kappa shape index (κ2) is 31.3. The monoisotopic (exact) mass is 1030 g/mol. The number of hydrogen-bond acceptors (Lipinski definition) is 16. The molecule has 0 bridgehead atoms. The van der Waals surface area contributed by atoms with Crippen molar-refractivity contribution < 1.29 is 63.6 Å². The van der Waals surface area contributed by atoms with Crippen molar-refractivity contribution in [2.45, 2.75) is 108 Å². The van der Waals surface area contributed by atoms with Crippen molar-refractivity contribution >= 4 is 65.1 Å². The van der Waals surface area contributed by atoms with Gasteiger partial charge in [0.1, 0.15) is 54.1 Å². The molecule has 0 aliphatic heterocycles. The molecule has 0 aliphatic rings. The highest BCUT2D eigenvalue weighted by Crippen LogP contribution is 2.13. The zero-order valence-electron chi connectivity index (χ0n) is 40.6. The number of aliphatic hydroxyl groups excluding tert-OH is 2. The highest BCUT2D eigenvalue weighted by Gasteiger charge is 2.35. The number of phenolic OH excluding ortho intramolecular Hbond substituents is 1. The number of aliphatic hydroxyl groups is 2. The van der Waals surface area contributed by atoms with Crippen LogP contribution in [0.5, 0.6) is 5.75 Å². The summed E-state index contributed by atoms with van der Waals surface area (Å²) in [4.78, 5) is 134. The first-order chi connectivity index (χ1) is 34.4. The second-order valence-corrected chi connectivity index (χ2v) is 16.9. The quantitative estimate of drug-likeness (QED) is 0.0184. The maximum atomic E-state index is 14.2. The molecule has 30 heteroatoms. The summed E-state index contributed by atoms with van der Waals surface area (Å²) in [5.41, 5.74) is 28.0. The summed E-state index contributed by atoms with van der Waals surface area (Å²) >= 11 is 0. The van der Waals surface area contributed by atoms with Crippen LogP contribution in [0.4, 0.5) is 0 Å². The number of H-pyrrole nitrogens is 1. The lowest BCUT2D eigenvalue weighted by Gasteiger charge is -2.28. The molecule has 2 rings (SSSR count). The molecule has 0 fully saturated rings. The second-order valence-electron chi connectivity index (χ2n) is 16.9. The standard InChI is InChI=1S/C43H69N17O13/c1-21(2)33(40(71)56-28(7-5-13-51-43(47)48)37(68)59-31(19-62)39(70)58-30(41(72)73)14-23-8-10-25(63)11-9-23)60-38(69)29(15-24-16-49-20-53-24)57-36(67)27(6-4-12-50-42(45)46)55-32(64)17-52-34(65)22(3)54-35(66)26(44)18-61/h8-11,16,20-22,26-31,33,61-63H,4-7,12-15,17-19,44H2,1-3H3,(H,49,53)(H,52,65)(H,54,66)(H,55,64)(H,56,71)(H,57,67)(H,58,70)(H,59,68)(H,60,69)(H,72,73)(H4,45,46,50)(H4,47,48,51). The summed E-state index contributed by atoms with van der Waals surface area (Å²) in [7, 11) is 0. The number of imidazole rings is 1. The Kier molecular flexibility index (Phi) is 26.1. The van der Waals surface area contributed by atoms with E-state index in [1.165, 1.54) is 43.7 Å². The zero-order valence-corrected chi connectivity index (χ0v) is 40.6. The number of rotatable bonds is 32. The molecule has 404 valence electrons. The van der Waals surface area contributed by atoms with Gasteiger partial charge in [-0.3, -0.25) is 48.3 Å². The van der Waals surface area contributed by atoms with Gasteiger partial charge < -0.3 is 96.6 Å². The number of nitrogens with zero attached hydrogens (tertiary/aromatic N) is 3. The van der Waals surface area contributed by atoms with Crippen LogP contribution in [-0.4, -0.2) is 177 Å². The van der Waals surface area contributed by atoms with Gasteiger partial charge in [0.2, 0.25) is 47.3 Å². The zero-order chi connectivity index (χ0) is 54.8. The van der Waals surface area contributed by atoms with Crippen molar-refractivity contribution in [1.82, 2.24) is 52.5 Å². The van der Waals surface area contributed by atoms with Gasteiger partial charge in [-0.15, -0.1) is 0 Å². The summed E-state index contributed by atoms with van der Waals surface area (Å²) in [6, 6.07) is -5.85. The number of aromatic nitrogens is 2. The number of aromatic hydroxyl groups is 1. The number of carboxylic acids is 1. The first-order valence-corrected chi connectivity index (χ1v) is 22.9. The Morgan fingerprint density at radius 1 is 0.630 bits per heavy atom. The average Bonchev–Trinajstić information content (AvgIpc) is 3.85. The lowest BCUT2D eigenvalue weighted by atomic mass is 10.0. The molecule has 73 heavy (non-hydrogen) atoms. The summed E-state index contributed by atoms with van der Waals surface area (Å²) in [5, 5.41) is 58.1. The highest BCUT2D eigenvalue weighted by atomic mass is 16.4. The van der Waals surface area contributed by atoms with E-state index < -0.39 is 127 Å². The minimum absolute atomic E-state index is 0.00624. The number of carbonyl (C=O) groups is 9. The molecule has 1 heterocycles. The smallest absolute Gasteiger partial charge is 0.326 e. The Morgan fingerprint density at radius 3 is 1.66 bits per heavy atom. The number of phenols is 1. The Labute approximate surface area is 419 Å². The van der Waals surface area contributed by atoms with Crippen LogP contribution in [-0.2, 0) is 56.0 Å². The number of carbonyl (C=O) groups excluding carboxylic acids is 8. The average molecular weight is 1030 g/mol. The fraction of sp³-hybridized carbons (Fsp3) is 0.535. The third kappa shape index (κ3) is 22.7. The lowest BCUT2D eigenvalue weighted by molar-refractivity contribution is -0.142. The van der Waals surface area contributed by atoms with Gasteiger partial charge in [0.25, 0.3) is 0 Å². The Hall–Kier alpha value is -8.12. The molecule has 1 aromatic carbocycles. The summed E-state index contributed by atoms with van der Waals surface area (Å²) in [6.45, 7) is 2.14. The maximum Gasteiger partial charge on any atom is 0.326 e. The van der Waals surface area contributed by atoms with E-state index in [0.29, 0.717) is 11.3 Å². The van der Waals surface area contributed by atoms with Crippen LogP contribution in [0.3, 0.4) is 0 Å². The van der Waals surface area contributed by atoms with Crippen LogP contribution in [0, 0.1) is 5.92 Å². The van der Waals surface area contributed by atoms with E-state index in [2.05, 4.69) is 62.5 Å². The van der Waals surface area contributed by atoms with Crippen molar-refractivity contribution in [2.24, 2.45) is 44.6 Å². The van der Waals surface area contributed by atoms with Gasteiger partial charge in [0.05, 0.1) is 26.1 Å². The predicted molar refractivity (Wildman–Crippen MR) is 261 cm³/mol. The van der Waals surface area contributed by atoms with Crippen LogP contribution in [0.25, 0.3) is 0 Å². The largest absolute Gasteiger partial charge is 0.508 e. The van der Waals surface area contributed by atoms with Crippen molar-refractivity contribution in [2.75, 3.05) is 32.8 Å². The molecule has 0 aliphatic carbocycles. The summed E-state index contributed by atoms with van der Waals surface area (Å²) in [5.74, 6) is -9.93. The van der Waals surface area contributed by atoms with Crippen LogP contribution >= 0.6 is 0 Å². The molecule has 8 amide bonds. The maximum absolute atomic E-state index is 14.2. The number of carboxylic acid groups (broad SMARTS) is 1. The highest BCUT2D eigenvalue weighted by molar-refractivity contribution is 5.97. The van der Waals surface area contributed by atoms with E-state index in [9.17, 15) is 58.5 Å². The first kappa shape index (κ1) is 61.0. The number of hydrogen-bond donors (Lipinski definition) is 18. The van der Waals surface area contributed by atoms with Gasteiger partial charge in [0.15, 0.2) is 11.9 Å². The molecule has 8 unspecified atom stereocenters. The van der Waals surface area contributed by atoms with Gasteiger partial charge in [-0.1, -0.05) is 26.0 Å². The molecule has 0 radical (unpaired) electrons. The summed E-state index contributed by atoms with van der Waals surface area (Å²) in [6.07, 6.45) is 2.22. The number of aliphatic imine (C=N–C) groups is 2. The van der Waals surface area contributed by atoms with Crippen molar-refractivity contribution in [1.29, 1.82) is 0 Å². The minimum atomic E-state index is -1.71. The van der Waals surface area contributed by atoms with Gasteiger partial charge in [-0.05, 0) is 56.2 Å². The first-order valence-electron chi connectivity index (χ1n) is 22.9. The van der Waals surface area contributed by atoms with E-state index in [0.717, 1.165) is 0 Å². The number of amides is 8. The number of aliphatic carboxylic acids is 1. The lowest BCUT2D eigenvalue weighted by Crippen LogP contribution is -2.61. The van der Waals surface area contributed by atoms with E-state index >= 15 is 0 Å². The van der Waals surface area contributed by atoms with Crippen LogP contribution in [0.15, 0.2) is 46.8 Å². The van der Waals surface area contributed by atoms with Crippen molar-refractivity contribution in [3.8, 4) is 5.75 Å². The molecular formula is C43H69N17O13. The molecular weight excluding hydrogens is 963 g/mol.